The number of rotatable bonds is 6. The second-order valence-electron chi connectivity index (χ2n) is 7.93. The van der Waals surface area contributed by atoms with E-state index in [4.69, 9.17) is 14.2 Å². The van der Waals surface area contributed by atoms with Crippen LogP contribution in [0.25, 0.3) is 0 Å². The monoisotopic (exact) mass is 466 g/mol. The van der Waals surface area contributed by atoms with Crippen molar-refractivity contribution in [2.45, 2.75) is 31.0 Å². The van der Waals surface area contributed by atoms with Gasteiger partial charge in [0.15, 0.2) is 12.3 Å². The second kappa shape index (κ2) is 9.46. The van der Waals surface area contributed by atoms with Gasteiger partial charge in [0.2, 0.25) is 0 Å². The van der Waals surface area contributed by atoms with Gasteiger partial charge in [-0.15, -0.1) is 0 Å². The molecule has 0 amide bonds. The number of carbonyl (C=O) groups is 2. The highest BCUT2D eigenvalue weighted by molar-refractivity contribution is 5.90. The van der Waals surface area contributed by atoms with Gasteiger partial charge < -0.3 is 19.3 Å². The van der Waals surface area contributed by atoms with Crippen LogP contribution in [0.15, 0.2) is 82.5 Å². The molecule has 34 heavy (non-hydrogen) atoms. The highest BCUT2D eigenvalue weighted by atomic mass is 16.6. The summed E-state index contributed by atoms with van der Waals surface area (Å²) in [6.45, 7) is 0.961. The molecule has 3 aromatic rings. The molecule has 0 saturated carbocycles. The van der Waals surface area contributed by atoms with Crippen molar-refractivity contribution >= 4 is 11.9 Å². The molecule has 2 N–H and O–H groups in total. The zero-order valence-electron chi connectivity index (χ0n) is 18.1. The Balaban J connectivity index is 1.62. The average Bonchev–Trinajstić information content (AvgIpc) is 3.08. The number of nitrogens with one attached hydrogen (secondary N) is 1. The quantitative estimate of drug-likeness (QED) is 0.518. The van der Waals surface area contributed by atoms with Crippen molar-refractivity contribution in [3.63, 3.8) is 0 Å². The number of H-pyrrole nitrogens is 1. The summed E-state index contributed by atoms with van der Waals surface area (Å²) in [6.07, 6.45) is -2.60. The summed E-state index contributed by atoms with van der Waals surface area (Å²) in [5, 5.41) is 11.3. The lowest BCUT2D eigenvalue weighted by Crippen LogP contribution is -2.49. The topological polar surface area (TPSA) is 137 Å². The number of aromatic amines is 1. The third-order valence-electron chi connectivity index (χ3n) is 5.45. The number of hydrogen-bond donors (Lipinski definition) is 2. The van der Waals surface area contributed by atoms with Crippen LogP contribution in [0.1, 0.15) is 33.9 Å². The summed E-state index contributed by atoms with van der Waals surface area (Å²) in [7, 11) is 0. The molecular formula is C24H22N2O8. The smallest absolute Gasteiger partial charge is 0.338 e. The summed E-state index contributed by atoms with van der Waals surface area (Å²) in [5.74, 6) is -1.37. The van der Waals surface area contributed by atoms with Crippen molar-refractivity contribution in [1.29, 1.82) is 0 Å². The standard InChI is InChI=1S/C24H22N2O8/c1-24(31)19(34-21(29)16-10-6-3-7-11-16)17(14-32-20(28)15-8-4-2-5-9-15)33-22(24)26-13-12-18(27)25-23(26)30/h2-13,17,19,22,31H,14H2,1H3,(H,25,27,30)/t17-,19-,22-,24+/m1/s1. The molecule has 2 aromatic carbocycles. The number of aliphatic hydroxyl groups is 1. The van der Waals surface area contributed by atoms with Crippen molar-refractivity contribution in [3.05, 3.63) is 105 Å². The predicted molar refractivity (Wildman–Crippen MR) is 118 cm³/mol. The van der Waals surface area contributed by atoms with Gasteiger partial charge in [-0.3, -0.25) is 14.3 Å². The first-order chi connectivity index (χ1) is 16.3. The van der Waals surface area contributed by atoms with E-state index in [9.17, 15) is 24.3 Å². The summed E-state index contributed by atoms with van der Waals surface area (Å²) in [5.41, 5.74) is -2.83. The SMILES string of the molecule is C[C@]1(O)[C@H](OC(=O)c2ccccc2)[C@@H](COC(=O)c2ccccc2)O[C@H]1n1ccc(=O)[nH]c1=O. The first-order valence-electron chi connectivity index (χ1n) is 10.4. The third kappa shape index (κ3) is 4.68. The maximum absolute atomic E-state index is 12.7. The van der Waals surface area contributed by atoms with Crippen LogP contribution in [0, 0.1) is 0 Å². The van der Waals surface area contributed by atoms with E-state index in [1.807, 2.05) is 0 Å². The highest BCUT2D eigenvalue weighted by Gasteiger charge is 2.56. The lowest BCUT2D eigenvalue weighted by atomic mass is 9.96. The zero-order valence-corrected chi connectivity index (χ0v) is 18.1. The van der Waals surface area contributed by atoms with Crippen LogP contribution in [0.4, 0.5) is 0 Å². The van der Waals surface area contributed by atoms with E-state index in [-0.39, 0.29) is 12.2 Å². The van der Waals surface area contributed by atoms with Gasteiger partial charge in [0, 0.05) is 12.3 Å². The van der Waals surface area contributed by atoms with E-state index in [2.05, 4.69) is 4.98 Å². The molecule has 1 aliphatic rings. The first kappa shape index (κ1) is 23.1. The molecule has 4 atom stereocenters. The minimum absolute atomic E-state index is 0.239. The molecule has 10 nitrogen and oxygen atoms in total. The molecule has 0 radical (unpaired) electrons. The summed E-state index contributed by atoms with van der Waals surface area (Å²) in [4.78, 5) is 51.0. The van der Waals surface area contributed by atoms with Crippen LogP contribution in [-0.4, -0.2) is 51.0 Å². The van der Waals surface area contributed by atoms with Gasteiger partial charge in [0.1, 0.15) is 18.3 Å². The van der Waals surface area contributed by atoms with Crippen LogP contribution < -0.4 is 11.2 Å². The lowest BCUT2D eigenvalue weighted by molar-refractivity contribution is -0.101. The number of carbonyl (C=O) groups excluding carboxylic acids is 2. The molecule has 4 rings (SSSR count). The molecule has 1 saturated heterocycles. The van der Waals surface area contributed by atoms with Crippen molar-refractivity contribution in [3.8, 4) is 0 Å². The number of nitrogens with zero attached hydrogens (tertiary/aromatic N) is 1. The van der Waals surface area contributed by atoms with Gasteiger partial charge in [0.05, 0.1) is 11.1 Å². The van der Waals surface area contributed by atoms with Crippen LogP contribution in [0.2, 0.25) is 0 Å². The van der Waals surface area contributed by atoms with Gasteiger partial charge in [0.25, 0.3) is 5.56 Å². The fraction of sp³-hybridized carbons (Fsp3) is 0.250. The largest absolute Gasteiger partial charge is 0.459 e. The Bertz CT molecular complexity index is 1280. The van der Waals surface area contributed by atoms with Crippen molar-refractivity contribution < 1.29 is 28.9 Å². The van der Waals surface area contributed by atoms with E-state index in [0.717, 1.165) is 16.8 Å². The molecule has 0 bridgehead atoms. The van der Waals surface area contributed by atoms with E-state index >= 15 is 0 Å². The molecule has 10 heteroatoms. The Hall–Kier alpha value is -4.02. The van der Waals surface area contributed by atoms with Crippen molar-refractivity contribution in [1.82, 2.24) is 9.55 Å². The molecule has 0 aliphatic carbocycles. The molecule has 0 spiro atoms. The highest BCUT2D eigenvalue weighted by Crippen LogP contribution is 2.39. The number of ether oxygens (including phenoxy) is 3. The average molecular weight is 466 g/mol. The van der Waals surface area contributed by atoms with Crippen LogP contribution in [-0.2, 0) is 14.2 Å². The number of aromatic nitrogens is 2. The third-order valence-corrected chi connectivity index (χ3v) is 5.45. The van der Waals surface area contributed by atoms with Crippen LogP contribution in [0.5, 0.6) is 0 Å². The Morgan fingerprint density at radius 2 is 1.59 bits per heavy atom. The zero-order chi connectivity index (χ0) is 24.3. The van der Waals surface area contributed by atoms with E-state index in [1.54, 1.807) is 60.7 Å². The van der Waals surface area contributed by atoms with E-state index in [1.165, 1.54) is 6.92 Å². The summed E-state index contributed by atoms with van der Waals surface area (Å²) < 4.78 is 17.8. The molecule has 2 heterocycles. The maximum Gasteiger partial charge on any atom is 0.338 e. The number of esters is 2. The fourth-order valence-corrected chi connectivity index (χ4v) is 3.75. The van der Waals surface area contributed by atoms with Gasteiger partial charge in [-0.2, -0.15) is 0 Å². The Labute approximate surface area is 193 Å². The molecule has 1 fully saturated rings. The molecule has 0 unspecified atom stereocenters. The van der Waals surface area contributed by atoms with Crippen molar-refractivity contribution in [2.24, 2.45) is 0 Å². The summed E-state index contributed by atoms with van der Waals surface area (Å²) in [6, 6.07) is 17.5. The minimum atomic E-state index is -1.92. The molecular weight excluding hydrogens is 444 g/mol. The minimum Gasteiger partial charge on any atom is -0.459 e. The number of benzene rings is 2. The van der Waals surface area contributed by atoms with Gasteiger partial charge in [-0.1, -0.05) is 36.4 Å². The van der Waals surface area contributed by atoms with E-state index in [0.29, 0.717) is 5.56 Å². The normalized spacial score (nSPS) is 23.9. The molecule has 1 aromatic heterocycles. The Morgan fingerprint density at radius 3 is 2.18 bits per heavy atom. The first-order valence-corrected chi connectivity index (χ1v) is 10.4. The Kier molecular flexibility index (Phi) is 6.44. The number of hydrogen-bond acceptors (Lipinski definition) is 8. The molecule has 1 aliphatic heterocycles. The lowest BCUT2D eigenvalue weighted by Gasteiger charge is -2.30. The van der Waals surface area contributed by atoms with E-state index < -0.39 is 47.2 Å². The second-order valence-corrected chi connectivity index (χ2v) is 7.93. The van der Waals surface area contributed by atoms with Crippen LogP contribution in [0.3, 0.4) is 0 Å². The maximum atomic E-state index is 12.7. The van der Waals surface area contributed by atoms with Gasteiger partial charge >= 0.3 is 17.6 Å². The van der Waals surface area contributed by atoms with Gasteiger partial charge in [-0.05, 0) is 31.2 Å². The Morgan fingerprint density at radius 1 is 1.00 bits per heavy atom. The molecule has 176 valence electrons. The predicted octanol–water partition coefficient (Wildman–Crippen LogP) is 1.27. The van der Waals surface area contributed by atoms with Gasteiger partial charge in [-0.25, -0.2) is 14.4 Å². The van der Waals surface area contributed by atoms with Crippen molar-refractivity contribution in [2.75, 3.05) is 6.61 Å². The fourth-order valence-electron chi connectivity index (χ4n) is 3.75. The van der Waals surface area contributed by atoms with Crippen LogP contribution >= 0.6 is 0 Å². The summed E-state index contributed by atoms with van der Waals surface area (Å²) >= 11 is 0.